The minimum Gasteiger partial charge on any atom is -0.167 e. The molecule has 14 heavy (non-hydrogen) atoms. The first kappa shape index (κ1) is 10.5. The van der Waals surface area contributed by atoms with E-state index in [-0.39, 0.29) is 7.43 Å². The van der Waals surface area contributed by atoms with E-state index in [9.17, 15) is 0 Å². The van der Waals surface area contributed by atoms with Gasteiger partial charge in [-0.05, 0) is 6.92 Å². The lowest BCUT2D eigenvalue weighted by molar-refractivity contribution is -0.595. The predicted molar refractivity (Wildman–Crippen MR) is 59.4 cm³/mol. The third-order valence-corrected chi connectivity index (χ3v) is 2.05. The molecule has 1 nitrogen and oxygen atoms in total. The van der Waals surface area contributed by atoms with Crippen LogP contribution in [0.3, 0.4) is 0 Å². The predicted octanol–water partition coefficient (Wildman–Crippen LogP) is 2.91. The van der Waals surface area contributed by atoms with Crippen molar-refractivity contribution >= 4 is 0 Å². The van der Waals surface area contributed by atoms with Gasteiger partial charge in [-0.15, -0.1) is 0 Å². The summed E-state index contributed by atoms with van der Waals surface area (Å²) in [6.07, 6.45) is 4.09. The Balaban J connectivity index is 0.000000980. The second-order valence-electron chi connectivity index (χ2n) is 3.12. The molecule has 0 aliphatic heterocycles. The second-order valence-corrected chi connectivity index (χ2v) is 3.12. The molecule has 0 unspecified atom stereocenters. The summed E-state index contributed by atoms with van der Waals surface area (Å²) in [4.78, 5) is 0. The zero-order valence-electron chi connectivity index (χ0n) is 7.64. The van der Waals surface area contributed by atoms with Crippen LogP contribution in [-0.4, -0.2) is 0 Å². The minimum atomic E-state index is 0. The Hall–Kier alpha value is -1.63. The molecular formula is C13H16N+. The van der Waals surface area contributed by atoms with Gasteiger partial charge in [0, 0.05) is 24.3 Å². The van der Waals surface area contributed by atoms with Crippen LogP contribution in [0.15, 0.2) is 54.9 Å². The Labute approximate surface area is 85.7 Å². The fraction of sp³-hybridized carbons (Fsp3) is 0.154. The molecule has 0 aliphatic carbocycles. The summed E-state index contributed by atoms with van der Waals surface area (Å²) in [5.74, 6) is 0. The van der Waals surface area contributed by atoms with Crippen molar-refractivity contribution in [3.05, 3.63) is 60.4 Å². The van der Waals surface area contributed by atoms with E-state index in [1.54, 1.807) is 0 Å². The Morgan fingerprint density at radius 2 is 1.43 bits per heavy atom. The fourth-order valence-electron chi connectivity index (χ4n) is 1.29. The number of hydrogen-bond donors (Lipinski definition) is 0. The number of nitrogens with zero attached hydrogens (tertiary/aromatic N) is 1. The number of benzene rings is 1. The number of aromatic nitrogens is 1. The maximum absolute atomic E-state index is 2.12. The standard InChI is InChI=1S/C12H12N.CH4/c1-11-5-7-12(8-6-11)13-9-3-2-4-10-13;/h2-10H,1H3;1H4/q+1;. The second kappa shape index (κ2) is 4.56. The molecule has 0 amide bonds. The molecular weight excluding hydrogens is 170 g/mol. The molecule has 0 bridgehead atoms. The maximum Gasteiger partial charge on any atom is 0.210 e. The summed E-state index contributed by atoms with van der Waals surface area (Å²) in [6, 6.07) is 14.6. The van der Waals surface area contributed by atoms with Crippen molar-refractivity contribution in [1.82, 2.24) is 0 Å². The van der Waals surface area contributed by atoms with Gasteiger partial charge in [-0.3, -0.25) is 0 Å². The lowest BCUT2D eigenvalue weighted by Gasteiger charge is -1.94. The monoisotopic (exact) mass is 186 g/mol. The van der Waals surface area contributed by atoms with Gasteiger partial charge in [0.25, 0.3) is 0 Å². The molecule has 2 aromatic rings. The minimum absolute atomic E-state index is 0. The molecule has 0 radical (unpaired) electrons. The summed E-state index contributed by atoms with van der Waals surface area (Å²) in [5, 5.41) is 0. The highest BCUT2D eigenvalue weighted by Crippen LogP contribution is 2.01. The van der Waals surface area contributed by atoms with E-state index in [1.807, 2.05) is 30.6 Å². The molecule has 0 saturated heterocycles. The van der Waals surface area contributed by atoms with Gasteiger partial charge in [-0.1, -0.05) is 31.2 Å². The Kier molecular flexibility index (Phi) is 3.41. The topological polar surface area (TPSA) is 3.88 Å². The van der Waals surface area contributed by atoms with Crippen molar-refractivity contribution in [2.75, 3.05) is 0 Å². The lowest BCUT2D eigenvalue weighted by Crippen LogP contribution is -2.28. The van der Waals surface area contributed by atoms with E-state index in [4.69, 9.17) is 0 Å². The zero-order valence-corrected chi connectivity index (χ0v) is 7.64. The van der Waals surface area contributed by atoms with Crippen molar-refractivity contribution in [3.63, 3.8) is 0 Å². The molecule has 1 heteroatoms. The summed E-state index contributed by atoms with van der Waals surface area (Å²) in [6.45, 7) is 2.10. The first-order valence-corrected chi connectivity index (χ1v) is 4.39. The average molecular weight is 186 g/mol. The SMILES string of the molecule is C.Cc1ccc(-[n+]2ccccc2)cc1. The van der Waals surface area contributed by atoms with E-state index in [2.05, 4.69) is 35.8 Å². The molecule has 1 heterocycles. The van der Waals surface area contributed by atoms with Gasteiger partial charge in [0.2, 0.25) is 5.69 Å². The molecule has 0 aliphatic rings. The lowest BCUT2D eigenvalue weighted by atomic mass is 10.2. The van der Waals surface area contributed by atoms with Gasteiger partial charge in [0.15, 0.2) is 12.4 Å². The normalized spacial score (nSPS) is 9.21. The van der Waals surface area contributed by atoms with Crippen LogP contribution in [0.2, 0.25) is 0 Å². The smallest absolute Gasteiger partial charge is 0.167 e. The molecule has 0 fully saturated rings. The Morgan fingerprint density at radius 3 is 2.00 bits per heavy atom. The molecule has 1 aromatic heterocycles. The Bertz CT molecular complexity index is 376. The zero-order chi connectivity index (χ0) is 9.10. The van der Waals surface area contributed by atoms with Crippen molar-refractivity contribution in [2.45, 2.75) is 14.4 Å². The molecule has 0 saturated carbocycles. The van der Waals surface area contributed by atoms with Crippen molar-refractivity contribution in [1.29, 1.82) is 0 Å². The van der Waals surface area contributed by atoms with Gasteiger partial charge in [-0.25, -0.2) is 0 Å². The number of rotatable bonds is 1. The van der Waals surface area contributed by atoms with Crippen LogP contribution < -0.4 is 4.57 Å². The van der Waals surface area contributed by atoms with Crippen LogP contribution in [0.4, 0.5) is 0 Å². The van der Waals surface area contributed by atoms with Gasteiger partial charge in [0.1, 0.15) is 0 Å². The quantitative estimate of drug-likeness (QED) is 0.603. The van der Waals surface area contributed by atoms with Gasteiger partial charge in [-0.2, -0.15) is 4.57 Å². The molecule has 0 atom stereocenters. The van der Waals surface area contributed by atoms with Gasteiger partial charge >= 0.3 is 0 Å². The first-order chi connectivity index (χ1) is 6.36. The number of aryl methyl sites for hydroxylation is 1. The van der Waals surface area contributed by atoms with Gasteiger partial charge < -0.3 is 0 Å². The van der Waals surface area contributed by atoms with E-state index < -0.39 is 0 Å². The van der Waals surface area contributed by atoms with Crippen molar-refractivity contribution < 1.29 is 4.57 Å². The number of pyridine rings is 1. The largest absolute Gasteiger partial charge is 0.210 e. The molecule has 0 spiro atoms. The van der Waals surface area contributed by atoms with Crippen LogP contribution in [0, 0.1) is 6.92 Å². The number of hydrogen-bond acceptors (Lipinski definition) is 0. The Morgan fingerprint density at radius 1 is 0.857 bits per heavy atom. The third-order valence-electron chi connectivity index (χ3n) is 2.05. The molecule has 0 N–H and O–H groups in total. The highest BCUT2D eigenvalue weighted by Gasteiger charge is 2.01. The van der Waals surface area contributed by atoms with Gasteiger partial charge in [0.05, 0.1) is 0 Å². The van der Waals surface area contributed by atoms with E-state index in [0.717, 1.165) is 0 Å². The van der Waals surface area contributed by atoms with E-state index >= 15 is 0 Å². The molecule has 72 valence electrons. The first-order valence-electron chi connectivity index (χ1n) is 4.39. The van der Waals surface area contributed by atoms with Crippen molar-refractivity contribution in [3.8, 4) is 5.69 Å². The maximum atomic E-state index is 2.12. The summed E-state index contributed by atoms with van der Waals surface area (Å²) in [7, 11) is 0. The van der Waals surface area contributed by atoms with Crippen LogP contribution in [0.1, 0.15) is 13.0 Å². The van der Waals surface area contributed by atoms with Crippen LogP contribution in [0.5, 0.6) is 0 Å². The molecule has 1 aromatic carbocycles. The average Bonchev–Trinajstić information content (AvgIpc) is 2.20. The highest BCUT2D eigenvalue weighted by molar-refractivity contribution is 5.26. The molecule has 2 rings (SSSR count). The summed E-state index contributed by atoms with van der Waals surface area (Å²) >= 11 is 0. The third kappa shape index (κ3) is 2.19. The van der Waals surface area contributed by atoms with E-state index in [0.29, 0.717) is 0 Å². The fourth-order valence-corrected chi connectivity index (χ4v) is 1.29. The van der Waals surface area contributed by atoms with Crippen molar-refractivity contribution in [2.24, 2.45) is 0 Å². The van der Waals surface area contributed by atoms with Crippen LogP contribution in [-0.2, 0) is 0 Å². The van der Waals surface area contributed by atoms with Crippen LogP contribution in [0.25, 0.3) is 5.69 Å². The van der Waals surface area contributed by atoms with E-state index in [1.165, 1.54) is 11.3 Å². The summed E-state index contributed by atoms with van der Waals surface area (Å²) in [5.41, 5.74) is 2.49. The summed E-state index contributed by atoms with van der Waals surface area (Å²) < 4.78 is 2.10. The highest BCUT2D eigenvalue weighted by atomic mass is 14.9. The van der Waals surface area contributed by atoms with Crippen LogP contribution >= 0.6 is 0 Å².